The number of halogens is 1. The molecule has 0 saturated carbocycles. The monoisotopic (exact) mass is 516 g/mol. The summed E-state index contributed by atoms with van der Waals surface area (Å²) < 4.78 is 0. The Labute approximate surface area is 224 Å². The quantitative estimate of drug-likeness (QED) is 0.372. The van der Waals surface area contributed by atoms with E-state index in [0.717, 1.165) is 19.0 Å². The Bertz CT molecular complexity index is 1110. The van der Waals surface area contributed by atoms with Gasteiger partial charge in [0, 0.05) is 0 Å². The molecular formula is C33H38ClOP. The molecule has 0 bridgehead atoms. The van der Waals surface area contributed by atoms with E-state index in [-0.39, 0.29) is 23.9 Å². The lowest BCUT2D eigenvalue weighted by atomic mass is 9.71. The van der Waals surface area contributed by atoms with Crippen molar-refractivity contribution in [1.82, 2.24) is 0 Å². The summed E-state index contributed by atoms with van der Waals surface area (Å²) in [6, 6.07) is 33.1. The van der Waals surface area contributed by atoms with Crippen LogP contribution in [0.5, 0.6) is 0 Å². The van der Waals surface area contributed by atoms with Crippen molar-refractivity contribution in [3.05, 3.63) is 126 Å². The predicted octanol–water partition coefficient (Wildman–Crippen LogP) is 3.98. The number of aliphatic hydroxyl groups is 1. The number of benzene rings is 3. The number of aliphatic hydroxyl groups excluding tert-OH is 1. The lowest BCUT2D eigenvalue weighted by Crippen LogP contribution is -3.00. The molecule has 3 heteroatoms. The zero-order valence-corrected chi connectivity index (χ0v) is 23.5. The second kappa shape index (κ2) is 12.2. The first-order valence-electron chi connectivity index (χ1n) is 12.6. The van der Waals surface area contributed by atoms with Gasteiger partial charge in [0.05, 0.1) is 12.3 Å². The van der Waals surface area contributed by atoms with Crippen molar-refractivity contribution in [1.29, 1.82) is 0 Å². The van der Waals surface area contributed by atoms with Crippen LogP contribution >= 0.6 is 7.26 Å². The van der Waals surface area contributed by atoms with Crippen molar-refractivity contribution in [2.45, 2.75) is 46.6 Å². The zero-order valence-electron chi connectivity index (χ0n) is 21.9. The van der Waals surface area contributed by atoms with E-state index in [1.807, 2.05) is 0 Å². The van der Waals surface area contributed by atoms with E-state index in [4.69, 9.17) is 0 Å². The molecule has 1 N–H and O–H groups in total. The third kappa shape index (κ3) is 6.09. The second-order valence-electron chi connectivity index (χ2n) is 10.4. The van der Waals surface area contributed by atoms with Gasteiger partial charge in [-0.05, 0) is 80.2 Å². The predicted molar refractivity (Wildman–Crippen MR) is 155 cm³/mol. The van der Waals surface area contributed by atoms with Crippen LogP contribution in [0.2, 0.25) is 0 Å². The van der Waals surface area contributed by atoms with Crippen LogP contribution in [0.25, 0.3) is 0 Å². The van der Waals surface area contributed by atoms with Crippen LogP contribution in [0.15, 0.2) is 126 Å². The lowest BCUT2D eigenvalue weighted by Gasteiger charge is -2.35. The molecule has 1 aliphatic rings. The van der Waals surface area contributed by atoms with Gasteiger partial charge in [0.2, 0.25) is 0 Å². The van der Waals surface area contributed by atoms with Crippen LogP contribution in [0.1, 0.15) is 40.5 Å². The van der Waals surface area contributed by atoms with Crippen LogP contribution in [-0.2, 0) is 0 Å². The molecular weight excluding hydrogens is 479 g/mol. The van der Waals surface area contributed by atoms with Crippen LogP contribution in [0, 0.1) is 5.41 Å². The van der Waals surface area contributed by atoms with E-state index < -0.39 is 7.26 Å². The topological polar surface area (TPSA) is 20.2 Å². The molecule has 0 radical (unpaired) electrons. The highest BCUT2D eigenvalue weighted by molar-refractivity contribution is 7.95. The molecule has 1 unspecified atom stereocenters. The fraction of sp³-hybridized carbons (Fsp3) is 0.273. The fourth-order valence-corrected chi connectivity index (χ4v) is 9.69. The average molecular weight is 517 g/mol. The lowest BCUT2D eigenvalue weighted by molar-refractivity contribution is -0.0000117. The summed E-state index contributed by atoms with van der Waals surface area (Å²) >= 11 is 0. The molecule has 0 aromatic heterocycles. The first-order chi connectivity index (χ1) is 16.8. The van der Waals surface area contributed by atoms with Gasteiger partial charge in [0.15, 0.2) is 0 Å². The van der Waals surface area contributed by atoms with Crippen molar-refractivity contribution in [3.63, 3.8) is 0 Å². The summed E-state index contributed by atoms with van der Waals surface area (Å²) in [4.78, 5) is 0. The third-order valence-electron chi connectivity index (χ3n) is 7.27. The second-order valence-corrected chi connectivity index (χ2v) is 14.0. The summed E-state index contributed by atoms with van der Waals surface area (Å²) in [5, 5.41) is 14.5. The maximum absolute atomic E-state index is 10.2. The highest BCUT2D eigenvalue weighted by Gasteiger charge is 2.44. The number of hydrogen-bond acceptors (Lipinski definition) is 1. The Morgan fingerprint density at radius 1 is 0.861 bits per heavy atom. The Kier molecular flexibility index (Phi) is 9.53. The van der Waals surface area contributed by atoms with Gasteiger partial charge in [-0.2, -0.15) is 0 Å². The van der Waals surface area contributed by atoms with Crippen LogP contribution in [0.3, 0.4) is 0 Å². The molecule has 1 aliphatic carbocycles. The van der Waals surface area contributed by atoms with Gasteiger partial charge >= 0.3 is 0 Å². The summed E-state index contributed by atoms with van der Waals surface area (Å²) in [7, 11) is -1.86. The molecule has 4 rings (SSSR count). The Hall–Kier alpha value is -2.44. The first-order valence-corrected chi connectivity index (χ1v) is 14.6. The van der Waals surface area contributed by atoms with E-state index >= 15 is 0 Å². The standard InChI is InChI=1S/C33H38OP.ClH/c1-26(20-21-32-27(2)24-28(34)25-33(32,3)4)22-23-35(29-14-8-5-9-15-29,30-16-10-6-11-17-30)31-18-12-7-13-19-31;/h5-22,28,34H,23-25H2,1-4H3;1H/q+1;/p-1/b21-20+,26-22+;. The van der Waals surface area contributed by atoms with Gasteiger partial charge < -0.3 is 17.5 Å². The van der Waals surface area contributed by atoms with E-state index in [2.05, 4.69) is 137 Å². The van der Waals surface area contributed by atoms with Gasteiger partial charge in [0.25, 0.3) is 0 Å². The van der Waals surface area contributed by atoms with Gasteiger partial charge in [-0.3, -0.25) is 0 Å². The summed E-state index contributed by atoms with van der Waals surface area (Å²) in [6.45, 7) is 8.87. The number of allylic oxidation sites excluding steroid dienone is 5. The molecule has 0 heterocycles. The molecule has 0 fully saturated rings. The summed E-state index contributed by atoms with van der Waals surface area (Å²) in [6.07, 6.45) is 9.33. The molecule has 0 spiro atoms. The molecule has 36 heavy (non-hydrogen) atoms. The van der Waals surface area contributed by atoms with Crippen LogP contribution < -0.4 is 28.3 Å². The minimum absolute atomic E-state index is 0. The van der Waals surface area contributed by atoms with E-state index in [1.165, 1.54) is 32.6 Å². The van der Waals surface area contributed by atoms with E-state index in [9.17, 15) is 5.11 Å². The van der Waals surface area contributed by atoms with Crippen LogP contribution in [0.4, 0.5) is 0 Å². The van der Waals surface area contributed by atoms with Crippen molar-refractivity contribution in [2.24, 2.45) is 5.41 Å². The Morgan fingerprint density at radius 2 is 1.31 bits per heavy atom. The van der Waals surface area contributed by atoms with Crippen molar-refractivity contribution < 1.29 is 17.5 Å². The Balaban J connectivity index is 0.00000361. The fourth-order valence-electron chi connectivity index (χ4n) is 5.55. The van der Waals surface area contributed by atoms with Gasteiger partial charge in [-0.15, -0.1) is 0 Å². The summed E-state index contributed by atoms with van der Waals surface area (Å²) in [5.41, 5.74) is 3.94. The van der Waals surface area contributed by atoms with E-state index in [0.29, 0.717) is 0 Å². The minimum Gasteiger partial charge on any atom is -1.00 e. The SMILES string of the molecule is CC1=C(/C=C/C(C)=C/C[P+](c2ccccc2)(c2ccccc2)c2ccccc2)C(C)(C)CC(O)C1.[Cl-]. The van der Waals surface area contributed by atoms with Crippen molar-refractivity contribution in [3.8, 4) is 0 Å². The number of hydrogen-bond donors (Lipinski definition) is 1. The molecule has 3 aromatic rings. The normalized spacial score (nSPS) is 18.2. The molecule has 0 aliphatic heterocycles. The molecule has 0 amide bonds. The highest BCUT2D eigenvalue weighted by atomic mass is 35.5. The number of rotatable bonds is 7. The minimum atomic E-state index is -1.86. The summed E-state index contributed by atoms with van der Waals surface area (Å²) in [5.74, 6) is 0. The third-order valence-corrected chi connectivity index (χ3v) is 11.5. The zero-order chi connectivity index (χ0) is 24.9. The maximum atomic E-state index is 10.2. The molecule has 3 aromatic carbocycles. The highest BCUT2D eigenvalue weighted by Crippen LogP contribution is 2.55. The first kappa shape index (κ1) is 28.1. The molecule has 1 nitrogen and oxygen atoms in total. The van der Waals surface area contributed by atoms with E-state index in [1.54, 1.807) is 0 Å². The van der Waals surface area contributed by atoms with Crippen molar-refractivity contribution in [2.75, 3.05) is 6.16 Å². The van der Waals surface area contributed by atoms with Gasteiger partial charge in [-0.1, -0.05) is 91.7 Å². The van der Waals surface area contributed by atoms with Crippen LogP contribution in [-0.4, -0.2) is 17.4 Å². The molecule has 188 valence electrons. The molecule has 1 atom stereocenters. The van der Waals surface area contributed by atoms with Gasteiger partial charge in [-0.25, -0.2) is 0 Å². The molecule has 0 saturated heterocycles. The maximum Gasteiger partial charge on any atom is 0.115 e. The Morgan fingerprint density at radius 3 is 1.72 bits per heavy atom. The average Bonchev–Trinajstić information content (AvgIpc) is 2.85. The van der Waals surface area contributed by atoms with Crippen molar-refractivity contribution >= 4 is 23.2 Å². The van der Waals surface area contributed by atoms with Gasteiger partial charge in [0.1, 0.15) is 23.2 Å². The smallest absolute Gasteiger partial charge is 0.115 e. The largest absolute Gasteiger partial charge is 1.00 e.